The van der Waals surface area contributed by atoms with E-state index in [1.165, 1.54) is 6.07 Å². The van der Waals surface area contributed by atoms with Crippen molar-refractivity contribution in [3.05, 3.63) is 28.5 Å². The zero-order chi connectivity index (χ0) is 11.6. The fraction of sp³-hybridized carbons (Fsp3) is 0.222. The van der Waals surface area contributed by atoms with Crippen LogP contribution in [0, 0.1) is 17.1 Å². The van der Waals surface area contributed by atoms with E-state index >= 15 is 0 Å². The van der Waals surface area contributed by atoms with Gasteiger partial charge in [-0.15, -0.1) is 0 Å². The molecule has 0 fully saturated rings. The first kappa shape index (κ1) is 12.0. The van der Waals surface area contributed by atoms with Crippen LogP contribution < -0.4 is 0 Å². The van der Waals surface area contributed by atoms with E-state index in [0.717, 1.165) is 12.3 Å². The topological polar surface area (TPSA) is 57.9 Å². The number of rotatable bonds is 2. The molecule has 0 amide bonds. The van der Waals surface area contributed by atoms with Crippen molar-refractivity contribution in [2.24, 2.45) is 0 Å². The van der Waals surface area contributed by atoms with E-state index in [1.807, 2.05) is 6.07 Å². The monoisotopic (exact) mass is 247 g/mol. The molecule has 0 unspecified atom stereocenters. The number of benzene rings is 1. The molecule has 3 nitrogen and oxygen atoms in total. The van der Waals surface area contributed by atoms with Gasteiger partial charge in [0.25, 0.3) is 0 Å². The Morgan fingerprint density at radius 3 is 2.53 bits per heavy atom. The number of hydrogen-bond donors (Lipinski definition) is 0. The van der Waals surface area contributed by atoms with Crippen LogP contribution in [0.4, 0.5) is 4.39 Å². The third-order valence-corrected chi connectivity index (χ3v) is 3.28. The van der Waals surface area contributed by atoms with Crippen LogP contribution in [0.1, 0.15) is 5.56 Å². The van der Waals surface area contributed by atoms with Crippen LogP contribution in [-0.2, 0) is 16.3 Å². The van der Waals surface area contributed by atoms with E-state index in [4.69, 9.17) is 16.9 Å². The van der Waals surface area contributed by atoms with Gasteiger partial charge in [0.2, 0.25) is 0 Å². The fourth-order valence-electron chi connectivity index (χ4n) is 1.16. The number of sulfone groups is 1. The normalized spacial score (nSPS) is 11.1. The highest BCUT2D eigenvalue weighted by Crippen LogP contribution is 2.26. The van der Waals surface area contributed by atoms with Crippen molar-refractivity contribution in [3.8, 4) is 6.07 Å². The quantitative estimate of drug-likeness (QED) is 0.803. The fourth-order valence-corrected chi connectivity index (χ4v) is 2.64. The van der Waals surface area contributed by atoms with Crippen molar-refractivity contribution in [2.75, 3.05) is 6.26 Å². The molecule has 0 heterocycles. The first-order valence-electron chi connectivity index (χ1n) is 3.91. The van der Waals surface area contributed by atoms with Crippen molar-refractivity contribution in [2.45, 2.75) is 11.3 Å². The summed E-state index contributed by atoms with van der Waals surface area (Å²) in [6.45, 7) is 0. The Bertz CT molecular complexity index is 511. The van der Waals surface area contributed by atoms with Crippen molar-refractivity contribution >= 4 is 21.4 Å². The molecule has 80 valence electrons. The zero-order valence-corrected chi connectivity index (χ0v) is 9.36. The van der Waals surface area contributed by atoms with Crippen LogP contribution in [0.5, 0.6) is 0 Å². The molecule has 0 N–H and O–H groups in total. The Balaban J connectivity index is 3.42. The van der Waals surface area contributed by atoms with Gasteiger partial charge in [0, 0.05) is 6.26 Å². The highest BCUT2D eigenvalue weighted by Gasteiger charge is 2.18. The predicted octanol–water partition coefficient (Wildman–Crippen LogP) is 1.95. The second-order valence-corrected chi connectivity index (χ2v) is 5.36. The maximum absolute atomic E-state index is 13.4. The van der Waals surface area contributed by atoms with Crippen LogP contribution in [0.25, 0.3) is 0 Å². The molecule has 15 heavy (non-hydrogen) atoms. The molecule has 1 aromatic rings. The van der Waals surface area contributed by atoms with Crippen molar-refractivity contribution in [1.82, 2.24) is 0 Å². The van der Waals surface area contributed by atoms with Crippen LogP contribution in [0.3, 0.4) is 0 Å². The molecule has 0 saturated carbocycles. The van der Waals surface area contributed by atoms with Gasteiger partial charge in [-0.25, -0.2) is 12.8 Å². The average molecular weight is 248 g/mol. The van der Waals surface area contributed by atoms with Gasteiger partial charge in [-0.05, 0) is 17.7 Å². The average Bonchev–Trinajstić information content (AvgIpc) is 1.99. The maximum Gasteiger partial charge on any atom is 0.179 e. The first-order valence-corrected chi connectivity index (χ1v) is 6.18. The lowest BCUT2D eigenvalue weighted by atomic mass is 10.2. The first-order chi connectivity index (χ1) is 6.86. The number of hydrogen-bond acceptors (Lipinski definition) is 3. The van der Waals surface area contributed by atoms with Crippen molar-refractivity contribution in [3.63, 3.8) is 0 Å². The smallest absolute Gasteiger partial charge is 0.179 e. The minimum Gasteiger partial charge on any atom is -0.224 e. The van der Waals surface area contributed by atoms with E-state index in [1.54, 1.807) is 0 Å². The molecule has 0 radical (unpaired) electrons. The Kier molecular flexibility index (Phi) is 3.32. The van der Waals surface area contributed by atoms with E-state index in [2.05, 4.69) is 0 Å². The lowest BCUT2D eigenvalue weighted by molar-refractivity contribution is 0.570. The molecule has 0 aliphatic rings. The van der Waals surface area contributed by atoms with Gasteiger partial charge in [0.05, 0.1) is 17.5 Å². The van der Waals surface area contributed by atoms with Crippen LogP contribution >= 0.6 is 11.6 Å². The van der Waals surface area contributed by atoms with E-state index in [9.17, 15) is 12.8 Å². The Hall–Kier alpha value is -1.12. The predicted molar refractivity (Wildman–Crippen MR) is 53.8 cm³/mol. The summed E-state index contributed by atoms with van der Waals surface area (Å²) in [7, 11) is -3.69. The van der Waals surface area contributed by atoms with E-state index < -0.39 is 20.5 Å². The lowest BCUT2D eigenvalue weighted by Gasteiger charge is -2.05. The van der Waals surface area contributed by atoms with Gasteiger partial charge in [0.1, 0.15) is 10.7 Å². The molecule has 0 bridgehead atoms. The molecule has 1 aromatic carbocycles. The maximum atomic E-state index is 13.4. The van der Waals surface area contributed by atoms with E-state index in [-0.39, 0.29) is 11.4 Å². The SMILES string of the molecule is CS(=O)(=O)c1c(F)cc(CC#N)cc1Cl. The Morgan fingerprint density at radius 1 is 1.53 bits per heavy atom. The Labute approximate surface area is 92.0 Å². The molecule has 0 spiro atoms. The van der Waals surface area contributed by atoms with Gasteiger partial charge in [-0.3, -0.25) is 0 Å². The minimum absolute atomic E-state index is 0.0132. The van der Waals surface area contributed by atoms with Crippen LogP contribution in [0.15, 0.2) is 17.0 Å². The summed E-state index contributed by atoms with van der Waals surface area (Å²) in [6.07, 6.45) is 0.863. The standard InChI is InChI=1S/C9H7ClFNO2S/c1-15(13,14)9-7(10)4-6(2-3-12)5-8(9)11/h4-5H,2H2,1H3. The van der Waals surface area contributed by atoms with Gasteiger partial charge < -0.3 is 0 Å². The molecule has 1 rings (SSSR count). The van der Waals surface area contributed by atoms with Gasteiger partial charge in [0.15, 0.2) is 9.84 Å². The number of halogens is 2. The second-order valence-electron chi connectivity index (χ2n) is 3.00. The Morgan fingerprint density at radius 2 is 2.13 bits per heavy atom. The molecular formula is C9H7ClFNO2S. The summed E-state index contributed by atoms with van der Waals surface area (Å²) in [6, 6.07) is 4.11. The molecule has 0 aliphatic heterocycles. The number of nitriles is 1. The van der Waals surface area contributed by atoms with Gasteiger partial charge >= 0.3 is 0 Å². The highest BCUT2D eigenvalue weighted by molar-refractivity contribution is 7.90. The molecule has 0 aromatic heterocycles. The molecule has 0 aliphatic carbocycles. The summed E-state index contributed by atoms with van der Waals surface area (Å²) in [5.41, 5.74) is 0.354. The van der Waals surface area contributed by atoms with Gasteiger partial charge in [-0.1, -0.05) is 11.6 Å². The van der Waals surface area contributed by atoms with Crippen molar-refractivity contribution < 1.29 is 12.8 Å². The van der Waals surface area contributed by atoms with Gasteiger partial charge in [-0.2, -0.15) is 5.26 Å². The number of nitrogens with zero attached hydrogens (tertiary/aromatic N) is 1. The lowest BCUT2D eigenvalue weighted by Crippen LogP contribution is -2.03. The van der Waals surface area contributed by atoms with E-state index in [0.29, 0.717) is 5.56 Å². The molecular weight excluding hydrogens is 241 g/mol. The summed E-state index contributed by atoms with van der Waals surface area (Å²) < 4.78 is 35.7. The molecule has 0 saturated heterocycles. The molecule has 6 heteroatoms. The summed E-state index contributed by atoms with van der Waals surface area (Å²) in [5.74, 6) is -0.921. The highest BCUT2D eigenvalue weighted by atomic mass is 35.5. The summed E-state index contributed by atoms with van der Waals surface area (Å²) in [4.78, 5) is -0.522. The third kappa shape index (κ3) is 2.67. The summed E-state index contributed by atoms with van der Waals surface area (Å²) in [5, 5.41) is 8.20. The van der Waals surface area contributed by atoms with Crippen LogP contribution in [0.2, 0.25) is 5.02 Å². The summed E-state index contributed by atoms with van der Waals surface area (Å²) >= 11 is 5.63. The molecule has 0 atom stereocenters. The second kappa shape index (κ2) is 4.17. The van der Waals surface area contributed by atoms with Crippen LogP contribution in [-0.4, -0.2) is 14.7 Å². The largest absolute Gasteiger partial charge is 0.224 e. The van der Waals surface area contributed by atoms with Crippen molar-refractivity contribution in [1.29, 1.82) is 5.26 Å². The minimum atomic E-state index is -3.69. The zero-order valence-electron chi connectivity index (χ0n) is 7.79. The third-order valence-electron chi connectivity index (χ3n) is 1.71.